The molecule has 0 bridgehead atoms. The fourth-order valence-corrected chi connectivity index (χ4v) is 3.64. The van der Waals surface area contributed by atoms with Gasteiger partial charge in [0.2, 0.25) is 11.8 Å². The van der Waals surface area contributed by atoms with E-state index in [4.69, 9.17) is 4.74 Å². The first-order valence-corrected chi connectivity index (χ1v) is 10.5. The van der Waals surface area contributed by atoms with E-state index in [1.54, 1.807) is 7.11 Å². The van der Waals surface area contributed by atoms with Crippen molar-refractivity contribution in [3.05, 3.63) is 65.2 Å². The summed E-state index contributed by atoms with van der Waals surface area (Å²) in [4.78, 5) is 25.8. The molecule has 0 unspecified atom stereocenters. The molecule has 0 saturated carbocycles. The Bertz CT molecular complexity index is 866. The average molecular weight is 410 g/mol. The summed E-state index contributed by atoms with van der Waals surface area (Å²) < 4.78 is 5.16. The van der Waals surface area contributed by atoms with Crippen molar-refractivity contribution < 1.29 is 14.3 Å². The number of rotatable bonds is 8. The number of nitrogens with one attached hydrogen (secondary N) is 3. The molecule has 6 nitrogen and oxygen atoms in total. The molecular formula is C24H31N3O3. The van der Waals surface area contributed by atoms with Crippen LogP contribution in [0, 0.1) is 5.92 Å². The highest BCUT2D eigenvalue weighted by molar-refractivity contribution is 5.90. The zero-order chi connectivity index (χ0) is 21.5. The second-order valence-electron chi connectivity index (χ2n) is 7.84. The molecule has 3 atom stereocenters. The predicted octanol–water partition coefficient (Wildman–Crippen LogP) is 2.56. The molecular weight excluding hydrogens is 378 g/mol. The fourth-order valence-electron chi connectivity index (χ4n) is 3.64. The predicted molar refractivity (Wildman–Crippen MR) is 117 cm³/mol. The van der Waals surface area contributed by atoms with Gasteiger partial charge in [-0.25, -0.2) is 0 Å². The third-order valence-electron chi connectivity index (χ3n) is 5.82. The SMILES string of the molecule is CC[C@H](C)[C@H](NC(=O)[C@@H]1Cc2ccccc2CN1)C(=O)NCc1ccc(OC)cc1. The standard InChI is InChI=1S/C24H31N3O3/c1-4-16(2)22(24(29)26-14-17-9-11-20(30-3)12-10-17)27-23(28)21-13-18-7-5-6-8-19(18)15-25-21/h5-12,16,21-22,25H,4,13-15H2,1-3H3,(H,26,29)(H,27,28)/t16-,21-,22-/m0/s1. The summed E-state index contributed by atoms with van der Waals surface area (Å²) in [6, 6.07) is 14.8. The Morgan fingerprint density at radius 2 is 1.83 bits per heavy atom. The molecule has 3 rings (SSSR count). The van der Waals surface area contributed by atoms with E-state index in [-0.39, 0.29) is 23.8 Å². The molecule has 0 aliphatic carbocycles. The summed E-state index contributed by atoms with van der Waals surface area (Å²) in [5.41, 5.74) is 3.38. The second-order valence-corrected chi connectivity index (χ2v) is 7.84. The van der Waals surface area contributed by atoms with E-state index < -0.39 is 6.04 Å². The highest BCUT2D eigenvalue weighted by Gasteiger charge is 2.30. The lowest BCUT2D eigenvalue weighted by molar-refractivity contribution is -0.131. The van der Waals surface area contributed by atoms with Gasteiger partial charge in [-0.15, -0.1) is 0 Å². The molecule has 6 heteroatoms. The Labute approximate surface area is 178 Å². The quantitative estimate of drug-likeness (QED) is 0.626. The average Bonchev–Trinajstić information content (AvgIpc) is 2.80. The van der Waals surface area contributed by atoms with Crippen LogP contribution in [0.4, 0.5) is 0 Å². The minimum atomic E-state index is -0.570. The topological polar surface area (TPSA) is 79.5 Å². The van der Waals surface area contributed by atoms with E-state index in [1.165, 1.54) is 11.1 Å². The number of fused-ring (bicyclic) bond motifs is 1. The first kappa shape index (κ1) is 21.8. The largest absolute Gasteiger partial charge is 0.497 e. The smallest absolute Gasteiger partial charge is 0.243 e. The van der Waals surface area contributed by atoms with Crippen LogP contribution in [0.15, 0.2) is 48.5 Å². The fraction of sp³-hybridized carbons (Fsp3) is 0.417. The van der Waals surface area contributed by atoms with Crippen molar-refractivity contribution >= 4 is 11.8 Å². The first-order chi connectivity index (χ1) is 14.5. The van der Waals surface area contributed by atoms with Gasteiger partial charge in [-0.2, -0.15) is 0 Å². The Morgan fingerprint density at radius 1 is 1.13 bits per heavy atom. The van der Waals surface area contributed by atoms with Crippen molar-refractivity contribution in [1.82, 2.24) is 16.0 Å². The molecule has 0 saturated heterocycles. The third-order valence-corrected chi connectivity index (χ3v) is 5.82. The van der Waals surface area contributed by atoms with Crippen molar-refractivity contribution in [2.24, 2.45) is 5.92 Å². The number of benzene rings is 2. The molecule has 160 valence electrons. The molecule has 0 spiro atoms. The number of carbonyl (C=O) groups is 2. The van der Waals surface area contributed by atoms with Gasteiger partial charge in [0, 0.05) is 13.1 Å². The van der Waals surface area contributed by atoms with Crippen LogP contribution in [-0.2, 0) is 29.1 Å². The van der Waals surface area contributed by atoms with E-state index in [0.29, 0.717) is 19.5 Å². The molecule has 0 radical (unpaired) electrons. The van der Waals surface area contributed by atoms with Crippen molar-refractivity contribution in [3.8, 4) is 5.75 Å². The normalized spacial score (nSPS) is 17.4. The monoisotopic (exact) mass is 409 g/mol. The minimum absolute atomic E-state index is 0.0284. The molecule has 2 amide bonds. The second kappa shape index (κ2) is 10.3. The lowest BCUT2D eigenvalue weighted by Gasteiger charge is -2.29. The maximum Gasteiger partial charge on any atom is 0.243 e. The van der Waals surface area contributed by atoms with Crippen molar-refractivity contribution in [1.29, 1.82) is 0 Å². The first-order valence-electron chi connectivity index (χ1n) is 10.5. The molecule has 2 aromatic rings. The summed E-state index contributed by atoms with van der Waals surface area (Å²) in [6.45, 7) is 5.07. The summed E-state index contributed by atoms with van der Waals surface area (Å²) in [5, 5.41) is 9.24. The van der Waals surface area contributed by atoms with Crippen LogP contribution in [0.5, 0.6) is 5.75 Å². The minimum Gasteiger partial charge on any atom is -0.497 e. The summed E-state index contributed by atoms with van der Waals surface area (Å²) in [6.07, 6.45) is 1.42. The van der Waals surface area contributed by atoms with Crippen LogP contribution in [0.2, 0.25) is 0 Å². The van der Waals surface area contributed by atoms with Gasteiger partial charge in [-0.1, -0.05) is 56.7 Å². The van der Waals surface area contributed by atoms with Crippen LogP contribution < -0.4 is 20.7 Å². The Balaban J connectivity index is 1.60. The Hall–Kier alpha value is -2.86. The van der Waals surface area contributed by atoms with Gasteiger partial charge in [0.1, 0.15) is 11.8 Å². The van der Waals surface area contributed by atoms with E-state index in [2.05, 4.69) is 28.1 Å². The highest BCUT2D eigenvalue weighted by Crippen LogP contribution is 2.17. The van der Waals surface area contributed by atoms with Crippen LogP contribution >= 0.6 is 0 Å². The number of hydrogen-bond donors (Lipinski definition) is 3. The van der Waals surface area contributed by atoms with Gasteiger partial charge in [0.25, 0.3) is 0 Å². The van der Waals surface area contributed by atoms with Gasteiger partial charge < -0.3 is 20.7 Å². The maximum atomic E-state index is 12.9. The van der Waals surface area contributed by atoms with Crippen LogP contribution in [-0.4, -0.2) is 31.0 Å². The molecule has 0 fully saturated rings. The molecule has 30 heavy (non-hydrogen) atoms. The number of ether oxygens (including phenoxy) is 1. The summed E-state index contributed by atoms with van der Waals surface area (Å²) >= 11 is 0. The molecule has 0 aromatic heterocycles. The van der Waals surface area contributed by atoms with Gasteiger partial charge in [0.15, 0.2) is 0 Å². The lowest BCUT2D eigenvalue weighted by atomic mass is 9.94. The van der Waals surface area contributed by atoms with Gasteiger partial charge >= 0.3 is 0 Å². The Morgan fingerprint density at radius 3 is 2.50 bits per heavy atom. The molecule has 3 N–H and O–H groups in total. The number of hydrogen-bond acceptors (Lipinski definition) is 4. The van der Waals surface area contributed by atoms with E-state index >= 15 is 0 Å². The molecule has 1 aliphatic heterocycles. The van der Waals surface area contributed by atoms with Crippen molar-refractivity contribution in [2.45, 2.75) is 51.9 Å². The van der Waals surface area contributed by atoms with Gasteiger partial charge in [-0.05, 0) is 41.2 Å². The lowest BCUT2D eigenvalue weighted by Crippen LogP contribution is -2.56. The number of methoxy groups -OCH3 is 1. The zero-order valence-corrected chi connectivity index (χ0v) is 17.9. The molecule has 1 aliphatic rings. The van der Waals surface area contributed by atoms with Crippen molar-refractivity contribution in [3.63, 3.8) is 0 Å². The number of amides is 2. The van der Waals surface area contributed by atoms with E-state index in [0.717, 1.165) is 17.7 Å². The molecule has 2 aromatic carbocycles. The highest BCUT2D eigenvalue weighted by atomic mass is 16.5. The van der Waals surface area contributed by atoms with E-state index in [1.807, 2.05) is 50.2 Å². The Kier molecular flexibility index (Phi) is 7.46. The molecule has 1 heterocycles. The zero-order valence-electron chi connectivity index (χ0n) is 17.9. The van der Waals surface area contributed by atoms with E-state index in [9.17, 15) is 9.59 Å². The third kappa shape index (κ3) is 5.39. The van der Waals surface area contributed by atoms with Gasteiger partial charge in [0.05, 0.1) is 13.2 Å². The number of carbonyl (C=O) groups excluding carboxylic acids is 2. The van der Waals surface area contributed by atoms with Gasteiger partial charge in [-0.3, -0.25) is 9.59 Å². The van der Waals surface area contributed by atoms with Crippen molar-refractivity contribution in [2.75, 3.05) is 7.11 Å². The maximum absolute atomic E-state index is 12.9. The van der Waals surface area contributed by atoms with Crippen LogP contribution in [0.1, 0.15) is 37.0 Å². The summed E-state index contributed by atoms with van der Waals surface area (Å²) in [5.74, 6) is 0.510. The van der Waals surface area contributed by atoms with Crippen LogP contribution in [0.3, 0.4) is 0 Å². The van der Waals surface area contributed by atoms with Crippen LogP contribution in [0.25, 0.3) is 0 Å². The summed E-state index contributed by atoms with van der Waals surface area (Å²) in [7, 11) is 1.62.